The molecule has 0 aromatic heterocycles. The van der Waals surface area contributed by atoms with Crippen molar-refractivity contribution < 1.29 is 0 Å². The van der Waals surface area contributed by atoms with Crippen LogP contribution in [0.3, 0.4) is 0 Å². The average molecular weight is 566 g/mol. The van der Waals surface area contributed by atoms with Crippen LogP contribution in [-0.4, -0.2) is 0 Å². The highest BCUT2D eigenvalue weighted by Gasteiger charge is 2.47. The molecule has 44 heavy (non-hydrogen) atoms. The fourth-order valence-corrected chi connectivity index (χ4v) is 7.56. The molecule has 6 aromatic rings. The van der Waals surface area contributed by atoms with E-state index in [9.17, 15) is 0 Å². The van der Waals surface area contributed by atoms with Gasteiger partial charge in [-0.05, 0) is 62.7 Å². The van der Waals surface area contributed by atoms with Crippen molar-refractivity contribution in [2.24, 2.45) is 5.92 Å². The molecule has 0 aliphatic heterocycles. The number of nitrogens with zero attached hydrogens (tertiary/aromatic N) is 1. The van der Waals surface area contributed by atoms with Crippen molar-refractivity contribution in [3.8, 4) is 22.3 Å². The Morgan fingerprint density at radius 2 is 1.18 bits per heavy atom. The van der Waals surface area contributed by atoms with E-state index < -0.39 is 0 Å². The second-order valence-electron chi connectivity index (χ2n) is 12.6. The van der Waals surface area contributed by atoms with Crippen molar-refractivity contribution in [2.45, 2.75) is 25.2 Å². The SMILES string of the molecule is CC1(C)c2cc3ccccc3c(N(c3ccc(-c4ccccc4)cc3)c3ccccc3-c3ccccc3)c2C2C=CC=CC21. The van der Waals surface area contributed by atoms with Gasteiger partial charge in [0.15, 0.2) is 0 Å². The summed E-state index contributed by atoms with van der Waals surface area (Å²) in [6.07, 6.45) is 9.33. The predicted molar refractivity (Wildman–Crippen MR) is 187 cm³/mol. The summed E-state index contributed by atoms with van der Waals surface area (Å²) in [7, 11) is 0. The van der Waals surface area contributed by atoms with Gasteiger partial charge in [0.05, 0.1) is 11.4 Å². The average Bonchev–Trinajstić information content (AvgIpc) is 3.32. The van der Waals surface area contributed by atoms with Gasteiger partial charge < -0.3 is 4.90 Å². The maximum absolute atomic E-state index is 2.54. The molecule has 212 valence electrons. The van der Waals surface area contributed by atoms with Gasteiger partial charge in [0.1, 0.15) is 0 Å². The van der Waals surface area contributed by atoms with Crippen LogP contribution in [-0.2, 0) is 5.41 Å². The molecule has 2 unspecified atom stereocenters. The highest BCUT2D eigenvalue weighted by atomic mass is 15.2. The van der Waals surface area contributed by atoms with E-state index in [1.165, 1.54) is 55.5 Å². The zero-order chi connectivity index (χ0) is 29.7. The summed E-state index contributed by atoms with van der Waals surface area (Å²) in [6.45, 7) is 4.85. The molecule has 2 aliphatic rings. The quantitative estimate of drug-likeness (QED) is 0.201. The molecule has 0 spiro atoms. The Hall–Kier alpha value is -5.14. The summed E-state index contributed by atoms with van der Waals surface area (Å²) in [5.41, 5.74) is 11.4. The molecule has 2 aliphatic carbocycles. The molecular weight excluding hydrogens is 530 g/mol. The van der Waals surface area contributed by atoms with Crippen molar-refractivity contribution in [1.29, 1.82) is 0 Å². The number of para-hydroxylation sites is 1. The second-order valence-corrected chi connectivity index (χ2v) is 12.6. The maximum Gasteiger partial charge on any atom is 0.0581 e. The van der Waals surface area contributed by atoms with Gasteiger partial charge in [-0.15, -0.1) is 0 Å². The Bertz CT molecular complexity index is 2030. The number of hydrogen-bond donors (Lipinski definition) is 0. The standard InChI is InChI=1S/C43H35N/c1-43(2)38-23-13-11-22-37(38)41-39(43)29-33-19-9-10-21-36(33)42(41)44(34-27-25-31(26-28-34)30-15-5-3-6-16-30)40-24-14-12-20-35(40)32-17-7-4-8-18-32/h3-29,37-38H,1-2H3. The molecule has 1 heteroatoms. The molecule has 8 rings (SSSR count). The molecule has 0 fully saturated rings. The normalized spacial score (nSPS) is 17.8. The minimum atomic E-state index is 0.00181. The van der Waals surface area contributed by atoms with Crippen LogP contribution in [0.15, 0.2) is 164 Å². The van der Waals surface area contributed by atoms with Gasteiger partial charge in [-0.3, -0.25) is 0 Å². The first-order valence-corrected chi connectivity index (χ1v) is 15.6. The van der Waals surface area contributed by atoms with E-state index in [1.807, 2.05) is 0 Å². The summed E-state index contributed by atoms with van der Waals surface area (Å²) in [5, 5.41) is 2.56. The Kier molecular flexibility index (Phi) is 6.34. The smallest absolute Gasteiger partial charge is 0.0581 e. The zero-order valence-corrected chi connectivity index (χ0v) is 25.2. The van der Waals surface area contributed by atoms with Crippen molar-refractivity contribution in [2.75, 3.05) is 4.90 Å². The van der Waals surface area contributed by atoms with Crippen LogP contribution in [0.5, 0.6) is 0 Å². The number of anilines is 3. The largest absolute Gasteiger partial charge is 0.309 e. The topological polar surface area (TPSA) is 3.24 Å². The van der Waals surface area contributed by atoms with Gasteiger partial charge >= 0.3 is 0 Å². The lowest BCUT2D eigenvalue weighted by Crippen LogP contribution is -2.24. The first-order valence-electron chi connectivity index (χ1n) is 15.6. The molecule has 6 aromatic carbocycles. The lowest BCUT2D eigenvalue weighted by molar-refractivity contribution is 0.394. The molecule has 0 heterocycles. The van der Waals surface area contributed by atoms with Crippen LogP contribution < -0.4 is 4.90 Å². The van der Waals surface area contributed by atoms with Crippen molar-refractivity contribution in [1.82, 2.24) is 0 Å². The summed E-state index contributed by atoms with van der Waals surface area (Å²) < 4.78 is 0. The molecule has 1 nitrogen and oxygen atoms in total. The monoisotopic (exact) mass is 565 g/mol. The van der Waals surface area contributed by atoms with E-state index in [4.69, 9.17) is 0 Å². The van der Waals surface area contributed by atoms with Gasteiger partial charge in [0.2, 0.25) is 0 Å². The van der Waals surface area contributed by atoms with Crippen LogP contribution in [0.2, 0.25) is 0 Å². The third kappa shape index (κ3) is 4.23. The van der Waals surface area contributed by atoms with Crippen LogP contribution >= 0.6 is 0 Å². The number of benzene rings is 6. The summed E-state index contributed by atoms with van der Waals surface area (Å²) in [5.74, 6) is 0.712. The maximum atomic E-state index is 2.54. The Morgan fingerprint density at radius 1 is 0.568 bits per heavy atom. The lowest BCUT2D eigenvalue weighted by Gasteiger charge is -2.32. The highest BCUT2D eigenvalue weighted by Crippen LogP contribution is 2.59. The van der Waals surface area contributed by atoms with E-state index >= 15 is 0 Å². The second kappa shape index (κ2) is 10.5. The number of allylic oxidation sites excluding steroid dienone is 4. The molecule has 0 amide bonds. The molecule has 0 N–H and O–H groups in total. The van der Waals surface area contributed by atoms with Gasteiger partial charge in [0.25, 0.3) is 0 Å². The van der Waals surface area contributed by atoms with E-state index in [2.05, 4.69) is 183 Å². The molecule has 0 saturated heterocycles. The van der Waals surface area contributed by atoms with Crippen molar-refractivity contribution >= 4 is 27.8 Å². The van der Waals surface area contributed by atoms with E-state index in [0.717, 1.165) is 5.69 Å². The molecule has 0 saturated carbocycles. The zero-order valence-electron chi connectivity index (χ0n) is 25.2. The highest BCUT2D eigenvalue weighted by molar-refractivity contribution is 6.04. The van der Waals surface area contributed by atoms with Gasteiger partial charge in [-0.2, -0.15) is 0 Å². The summed E-state index contributed by atoms with van der Waals surface area (Å²) >= 11 is 0. The van der Waals surface area contributed by atoms with Crippen LogP contribution in [0, 0.1) is 5.92 Å². The Labute approximate surface area is 260 Å². The molecule has 0 radical (unpaired) electrons. The molecule has 2 atom stereocenters. The first-order chi connectivity index (χ1) is 21.6. The Balaban J connectivity index is 1.45. The number of hydrogen-bond acceptors (Lipinski definition) is 1. The third-order valence-electron chi connectivity index (χ3n) is 9.74. The van der Waals surface area contributed by atoms with E-state index in [-0.39, 0.29) is 5.41 Å². The third-order valence-corrected chi connectivity index (χ3v) is 9.74. The first kappa shape index (κ1) is 26.5. The lowest BCUT2D eigenvalue weighted by atomic mass is 9.74. The Morgan fingerprint density at radius 3 is 1.95 bits per heavy atom. The van der Waals surface area contributed by atoms with Crippen LogP contribution in [0.4, 0.5) is 17.1 Å². The van der Waals surface area contributed by atoms with Gasteiger partial charge in [0, 0.05) is 22.6 Å². The molecule has 0 bridgehead atoms. The minimum absolute atomic E-state index is 0.00181. The van der Waals surface area contributed by atoms with Crippen LogP contribution in [0.25, 0.3) is 33.0 Å². The predicted octanol–water partition coefficient (Wildman–Crippen LogP) is 11.8. The van der Waals surface area contributed by atoms with Gasteiger partial charge in [-0.25, -0.2) is 0 Å². The van der Waals surface area contributed by atoms with Crippen LogP contribution in [0.1, 0.15) is 30.9 Å². The van der Waals surface area contributed by atoms with E-state index in [1.54, 1.807) is 0 Å². The molecular formula is C43H35N. The van der Waals surface area contributed by atoms with Crippen molar-refractivity contribution in [3.05, 3.63) is 175 Å². The fourth-order valence-electron chi connectivity index (χ4n) is 7.56. The van der Waals surface area contributed by atoms with E-state index in [0.29, 0.717) is 11.8 Å². The summed E-state index contributed by atoms with van der Waals surface area (Å²) in [6, 6.07) is 50.9. The fraction of sp³-hybridized carbons (Fsp3) is 0.116. The number of fused-ring (bicyclic) bond motifs is 4. The van der Waals surface area contributed by atoms with Crippen molar-refractivity contribution in [3.63, 3.8) is 0 Å². The minimum Gasteiger partial charge on any atom is -0.309 e. The van der Waals surface area contributed by atoms with Gasteiger partial charge in [-0.1, -0.05) is 159 Å². The number of rotatable bonds is 5. The summed E-state index contributed by atoms with van der Waals surface area (Å²) in [4.78, 5) is 2.54.